The van der Waals surface area contributed by atoms with Crippen LogP contribution in [0.1, 0.15) is 284 Å². The number of hydrogen-bond acceptors (Lipinski definition) is 5. The fraction of sp³-hybridized carbons (Fsp3) is 0.797. The van der Waals surface area contributed by atoms with Crippen molar-refractivity contribution in [2.75, 3.05) is 13.2 Å². The molecule has 0 aromatic heterocycles. The molecule has 1 N–H and O–H groups in total. The van der Waals surface area contributed by atoms with Crippen LogP contribution in [0, 0.1) is 0 Å². The highest BCUT2D eigenvalue weighted by Gasteiger charge is 2.16. The largest absolute Gasteiger partial charge is 0.462 e. The monoisotopic (exact) mass is 895 g/mol. The zero-order chi connectivity index (χ0) is 46.3. The van der Waals surface area contributed by atoms with Gasteiger partial charge in [-0.15, -0.1) is 0 Å². The SMILES string of the molecule is CC/C=C\C/C=C\C/C=C\C/C=C\CCCCCCCCCCCCC(=O)OC(CO)COC(=O)CCCCCCCCCCCCCCCCC/C=C\CCCCCCCCCC. The Morgan fingerprint density at radius 1 is 0.375 bits per heavy atom. The van der Waals surface area contributed by atoms with Gasteiger partial charge in [-0.25, -0.2) is 0 Å². The van der Waals surface area contributed by atoms with Crippen molar-refractivity contribution in [3.8, 4) is 0 Å². The van der Waals surface area contributed by atoms with E-state index in [0.29, 0.717) is 12.8 Å². The molecule has 0 saturated heterocycles. The summed E-state index contributed by atoms with van der Waals surface area (Å²) in [5.74, 6) is -0.586. The Kier molecular flexibility index (Phi) is 52.9. The Balaban J connectivity index is 3.47. The maximum atomic E-state index is 12.3. The van der Waals surface area contributed by atoms with Crippen LogP contribution in [0.2, 0.25) is 0 Å². The van der Waals surface area contributed by atoms with Gasteiger partial charge in [0.1, 0.15) is 6.61 Å². The van der Waals surface area contributed by atoms with Gasteiger partial charge >= 0.3 is 11.9 Å². The van der Waals surface area contributed by atoms with E-state index in [9.17, 15) is 14.7 Å². The highest BCUT2D eigenvalue weighted by Crippen LogP contribution is 2.16. The van der Waals surface area contributed by atoms with Gasteiger partial charge in [0.2, 0.25) is 0 Å². The van der Waals surface area contributed by atoms with Crippen molar-refractivity contribution in [3.05, 3.63) is 60.8 Å². The van der Waals surface area contributed by atoms with Crippen molar-refractivity contribution in [1.82, 2.24) is 0 Å². The average molecular weight is 895 g/mol. The molecule has 5 nitrogen and oxygen atoms in total. The molecule has 1 atom stereocenters. The second kappa shape index (κ2) is 54.9. The van der Waals surface area contributed by atoms with Gasteiger partial charge in [0.25, 0.3) is 0 Å². The lowest BCUT2D eigenvalue weighted by Crippen LogP contribution is -2.28. The van der Waals surface area contributed by atoms with Gasteiger partial charge < -0.3 is 14.6 Å². The van der Waals surface area contributed by atoms with Crippen molar-refractivity contribution < 1.29 is 24.2 Å². The summed E-state index contributed by atoms with van der Waals surface area (Å²) in [6.07, 6.45) is 73.3. The number of carbonyl (C=O) groups excluding carboxylic acids is 2. The first kappa shape index (κ1) is 61.6. The summed E-state index contributed by atoms with van der Waals surface area (Å²) >= 11 is 0. The summed E-state index contributed by atoms with van der Waals surface area (Å²) in [7, 11) is 0. The first-order valence-corrected chi connectivity index (χ1v) is 27.8. The van der Waals surface area contributed by atoms with Crippen LogP contribution < -0.4 is 0 Å². The van der Waals surface area contributed by atoms with Crippen LogP contribution in [0.4, 0.5) is 0 Å². The maximum Gasteiger partial charge on any atom is 0.306 e. The molecule has 0 spiro atoms. The topological polar surface area (TPSA) is 72.8 Å². The van der Waals surface area contributed by atoms with Crippen molar-refractivity contribution in [3.63, 3.8) is 0 Å². The summed E-state index contributed by atoms with van der Waals surface area (Å²) in [4.78, 5) is 24.5. The number of ether oxygens (including phenoxy) is 2. The van der Waals surface area contributed by atoms with E-state index >= 15 is 0 Å². The van der Waals surface area contributed by atoms with Crippen LogP contribution in [0.3, 0.4) is 0 Å². The molecule has 0 radical (unpaired) electrons. The van der Waals surface area contributed by atoms with Crippen molar-refractivity contribution in [2.24, 2.45) is 0 Å². The lowest BCUT2D eigenvalue weighted by molar-refractivity contribution is -0.161. The predicted molar refractivity (Wildman–Crippen MR) is 279 cm³/mol. The Labute approximate surface area is 398 Å². The van der Waals surface area contributed by atoms with E-state index in [1.165, 1.54) is 193 Å². The van der Waals surface area contributed by atoms with E-state index in [1.54, 1.807) is 0 Å². The third-order valence-corrected chi connectivity index (χ3v) is 12.3. The molecular weight excluding hydrogens is 789 g/mol. The fourth-order valence-corrected chi connectivity index (χ4v) is 8.13. The molecular formula is C59H106O5. The van der Waals surface area contributed by atoms with Crippen molar-refractivity contribution in [2.45, 2.75) is 290 Å². The smallest absolute Gasteiger partial charge is 0.306 e. The van der Waals surface area contributed by atoms with Gasteiger partial charge in [-0.2, -0.15) is 0 Å². The third kappa shape index (κ3) is 52.2. The highest BCUT2D eigenvalue weighted by atomic mass is 16.6. The third-order valence-electron chi connectivity index (χ3n) is 12.3. The van der Waals surface area contributed by atoms with E-state index in [2.05, 4.69) is 74.6 Å². The molecule has 0 aromatic carbocycles. The van der Waals surface area contributed by atoms with E-state index in [-0.39, 0.29) is 25.2 Å². The number of aliphatic hydroxyl groups excluding tert-OH is 1. The van der Waals surface area contributed by atoms with Gasteiger partial charge in [-0.1, -0.05) is 254 Å². The number of aliphatic hydroxyl groups is 1. The van der Waals surface area contributed by atoms with Crippen molar-refractivity contribution >= 4 is 11.9 Å². The fourth-order valence-electron chi connectivity index (χ4n) is 8.13. The summed E-state index contributed by atoms with van der Waals surface area (Å²) in [6.45, 7) is 4.05. The number of esters is 2. The van der Waals surface area contributed by atoms with Crippen LogP contribution in [0.25, 0.3) is 0 Å². The minimum absolute atomic E-state index is 0.0666. The molecule has 0 aromatic rings. The quantitative estimate of drug-likeness (QED) is 0.0374. The summed E-state index contributed by atoms with van der Waals surface area (Å²) in [5.41, 5.74) is 0. The van der Waals surface area contributed by atoms with Crippen LogP contribution in [0.15, 0.2) is 60.8 Å². The molecule has 0 fully saturated rings. The number of hydrogen-bond donors (Lipinski definition) is 1. The molecule has 5 heteroatoms. The first-order valence-electron chi connectivity index (χ1n) is 27.8. The van der Waals surface area contributed by atoms with Crippen molar-refractivity contribution in [1.29, 1.82) is 0 Å². The zero-order valence-electron chi connectivity index (χ0n) is 42.5. The predicted octanol–water partition coefficient (Wildman–Crippen LogP) is 18.6. The Morgan fingerprint density at radius 2 is 0.672 bits per heavy atom. The molecule has 372 valence electrons. The number of allylic oxidation sites excluding steroid dienone is 10. The standard InChI is InChI=1S/C59H106O5/c1-3-5-7-9-11-13-15-17-19-21-23-25-27-28-29-30-32-33-35-37-39-41-43-45-47-49-51-53-58(61)63-56-57(55-60)64-59(62)54-52-50-48-46-44-42-40-38-36-34-31-26-24-22-20-18-16-14-12-10-8-6-4-2/h6,8,12,14,18,20-21,23-24,26,57,60H,3-5,7,9-11,13,15-17,19,22,25,27-56H2,1-2H3/b8-6-,14-12-,20-18-,23-21-,26-24-. The number of rotatable bonds is 51. The average Bonchev–Trinajstić information content (AvgIpc) is 3.30. The normalized spacial score (nSPS) is 12.6. The summed E-state index contributed by atoms with van der Waals surface area (Å²) < 4.78 is 10.7. The number of carbonyl (C=O) groups is 2. The molecule has 0 heterocycles. The zero-order valence-corrected chi connectivity index (χ0v) is 42.5. The molecule has 0 aliphatic heterocycles. The Morgan fingerprint density at radius 3 is 1.03 bits per heavy atom. The minimum atomic E-state index is -0.776. The second-order valence-corrected chi connectivity index (χ2v) is 18.6. The molecule has 1 unspecified atom stereocenters. The van der Waals surface area contributed by atoms with Crippen LogP contribution in [-0.2, 0) is 19.1 Å². The molecule has 0 amide bonds. The molecule has 64 heavy (non-hydrogen) atoms. The van der Waals surface area contributed by atoms with Gasteiger partial charge in [0, 0.05) is 12.8 Å². The number of unbranched alkanes of at least 4 members (excludes halogenated alkanes) is 33. The molecule has 0 aliphatic rings. The lowest BCUT2D eigenvalue weighted by Gasteiger charge is -2.15. The Bertz CT molecular complexity index is 1100. The van der Waals surface area contributed by atoms with Gasteiger partial charge in [0.15, 0.2) is 6.10 Å². The summed E-state index contributed by atoms with van der Waals surface area (Å²) in [6, 6.07) is 0. The molecule has 0 saturated carbocycles. The molecule has 0 aliphatic carbocycles. The first-order chi connectivity index (χ1) is 31.6. The Hall–Kier alpha value is -2.40. The summed E-state index contributed by atoms with van der Waals surface area (Å²) in [5, 5.41) is 9.65. The van der Waals surface area contributed by atoms with E-state index in [4.69, 9.17) is 9.47 Å². The molecule has 0 bridgehead atoms. The second-order valence-electron chi connectivity index (χ2n) is 18.6. The van der Waals surface area contributed by atoms with Gasteiger partial charge in [-0.3, -0.25) is 9.59 Å². The van der Waals surface area contributed by atoms with E-state index in [1.807, 2.05) is 0 Å². The van der Waals surface area contributed by atoms with Gasteiger partial charge in [0.05, 0.1) is 6.61 Å². The van der Waals surface area contributed by atoms with Crippen LogP contribution in [0.5, 0.6) is 0 Å². The van der Waals surface area contributed by atoms with Crippen LogP contribution >= 0.6 is 0 Å². The highest BCUT2D eigenvalue weighted by molar-refractivity contribution is 5.70. The minimum Gasteiger partial charge on any atom is -0.462 e. The van der Waals surface area contributed by atoms with E-state index < -0.39 is 6.10 Å². The van der Waals surface area contributed by atoms with Crippen LogP contribution in [-0.4, -0.2) is 36.4 Å². The lowest BCUT2D eigenvalue weighted by atomic mass is 10.0. The van der Waals surface area contributed by atoms with Gasteiger partial charge in [-0.05, 0) is 77.0 Å². The molecule has 0 rings (SSSR count). The maximum absolute atomic E-state index is 12.3. The van der Waals surface area contributed by atoms with E-state index in [0.717, 1.165) is 64.2 Å².